The summed E-state index contributed by atoms with van der Waals surface area (Å²) in [5.41, 5.74) is 8.72. The minimum Gasteiger partial charge on any atom is -0.309 e. The lowest BCUT2D eigenvalue weighted by Crippen LogP contribution is -1.96. The minimum atomic E-state index is -0.243. The van der Waals surface area contributed by atoms with Crippen LogP contribution in [0.2, 0.25) is 0 Å². The fourth-order valence-corrected chi connectivity index (χ4v) is 6.20. The molecule has 3 nitrogen and oxygen atoms in total. The van der Waals surface area contributed by atoms with Crippen molar-refractivity contribution in [1.29, 1.82) is 5.26 Å². The van der Waals surface area contributed by atoms with Crippen molar-refractivity contribution in [2.24, 2.45) is 0 Å². The lowest BCUT2D eigenvalue weighted by atomic mass is 10.0. The van der Waals surface area contributed by atoms with Gasteiger partial charge in [-0.25, -0.2) is 4.39 Å². The molecule has 0 unspecified atom stereocenters. The van der Waals surface area contributed by atoms with Gasteiger partial charge in [0.15, 0.2) is 0 Å². The van der Waals surface area contributed by atoms with Gasteiger partial charge in [0, 0.05) is 32.9 Å². The van der Waals surface area contributed by atoms with Crippen LogP contribution in [0.3, 0.4) is 0 Å². The maximum Gasteiger partial charge on any atom is 0.123 e. The van der Waals surface area contributed by atoms with Crippen molar-refractivity contribution < 1.29 is 4.39 Å². The molecular weight excluding hydrogens is 505 g/mol. The number of hydrogen-bond acceptors (Lipinski definition) is 1. The van der Waals surface area contributed by atoms with E-state index in [-0.39, 0.29) is 5.82 Å². The molecule has 192 valence electrons. The number of nitriles is 1. The number of para-hydroxylation sites is 3. The molecule has 41 heavy (non-hydrogen) atoms. The lowest BCUT2D eigenvalue weighted by Gasteiger charge is -2.13. The predicted molar refractivity (Wildman–Crippen MR) is 165 cm³/mol. The SMILES string of the molecule is N#Cc1cc(-c2ccc(-n3c4ccccc4c4cc(F)ccc43)cc2)cc(-n2c3ccccc3c3ccccc32)c1. The summed E-state index contributed by atoms with van der Waals surface area (Å²) >= 11 is 0. The molecule has 0 amide bonds. The van der Waals surface area contributed by atoms with Gasteiger partial charge in [-0.1, -0.05) is 66.7 Å². The first-order valence-electron chi connectivity index (χ1n) is 13.5. The van der Waals surface area contributed by atoms with Crippen LogP contribution in [0.15, 0.2) is 133 Å². The number of halogens is 1. The van der Waals surface area contributed by atoms with Crippen molar-refractivity contribution in [3.05, 3.63) is 145 Å². The van der Waals surface area contributed by atoms with E-state index in [0.717, 1.165) is 55.3 Å². The number of rotatable bonds is 3. The molecule has 0 saturated carbocycles. The number of fused-ring (bicyclic) bond motifs is 6. The summed E-state index contributed by atoms with van der Waals surface area (Å²) in [4.78, 5) is 0. The van der Waals surface area contributed by atoms with E-state index in [0.29, 0.717) is 5.56 Å². The van der Waals surface area contributed by atoms with Gasteiger partial charge in [0.25, 0.3) is 0 Å². The number of nitrogens with zero attached hydrogens (tertiary/aromatic N) is 3. The summed E-state index contributed by atoms with van der Waals surface area (Å²) in [5.74, 6) is -0.243. The second-order valence-electron chi connectivity index (χ2n) is 10.3. The molecule has 2 aromatic heterocycles. The van der Waals surface area contributed by atoms with Gasteiger partial charge >= 0.3 is 0 Å². The number of hydrogen-bond donors (Lipinski definition) is 0. The average molecular weight is 528 g/mol. The molecule has 6 aromatic carbocycles. The monoisotopic (exact) mass is 527 g/mol. The highest BCUT2D eigenvalue weighted by Gasteiger charge is 2.15. The molecule has 0 aliphatic heterocycles. The van der Waals surface area contributed by atoms with Crippen LogP contribution >= 0.6 is 0 Å². The second kappa shape index (κ2) is 8.94. The maximum absolute atomic E-state index is 14.2. The number of benzene rings is 6. The van der Waals surface area contributed by atoms with Crippen LogP contribution < -0.4 is 0 Å². The van der Waals surface area contributed by atoms with Gasteiger partial charge in [0.05, 0.1) is 33.7 Å². The Bertz CT molecular complexity index is 2280. The van der Waals surface area contributed by atoms with Gasteiger partial charge < -0.3 is 9.13 Å². The van der Waals surface area contributed by atoms with Crippen molar-refractivity contribution in [3.63, 3.8) is 0 Å². The zero-order valence-electron chi connectivity index (χ0n) is 21.9. The standard InChI is InChI=1S/C37H22FN3/c38-27-15-18-37-33(22-27)32-9-3-6-12-36(32)40(37)28-16-13-25(14-17-28)26-19-24(23-39)20-29(21-26)41-34-10-4-1-7-30(34)31-8-2-5-11-35(31)41/h1-22H. The third kappa shape index (κ3) is 3.57. The van der Waals surface area contributed by atoms with Gasteiger partial charge in [0.2, 0.25) is 0 Å². The molecule has 8 aromatic rings. The van der Waals surface area contributed by atoms with E-state index in [2.05, 4.69) is 100 Å². The van der Waals surface area contributed by atoms with E-state index in [9.17, 15) is 9.65 Å². The molecule has 4 heteroatoms. The number of aromatic nitrogens is 2. The molecule has 0 saturated heterocycles. The first-order valence-corrected chi connectivity index (χ1v) is 13.5. The molecule has 0 aliphatic rings. The van der Waals surface area contributed by atoms with Crippen molar-refractivity contribution in [3.8, 4) is 28.6 Å². The summed E-state index contributed by atoms with van der Waals surface area (Å²) in [5, 5.41) is 14.2. The summed E-state index contributed by atoms with van der Waals surface area (Å²) in [6, 6.07) is 46.6. The summed E-state index contributed by atoms with van der Waals surface area (Å²) in [6.07, 6.45) is 0. The molecule has 0 spiro atoms. The highest BCUT2D eigenvalue weighted by Crippen LogP contribution is 2.35. The molecule has 0 N–H and O–H groups in total. The van der Waals surface area contributed by atoms with Gasteiger partial charge in [-0.15, -0.1) is 0 Å². The maximum atomic E-state index is 14.2. The van der Waals surface area contributed by atoms with Gasteiger partial charge in [-0.2, -0.15) is 5.26 Å². The largest absolute Gasteiger partial charge is 0.309 e. The summed E-state index contributed by atoms with van der Waals surface area (Å²) in [7, 11) is 0. The van der Waals surface area contributed by atoms with E-state index in [1.165, 1.54) is 16.8 Å². The van der Waals surface area contributed by atoms with E-state index >= 15 is 0 Å². The van der Waals surface area contributed by atoms with Crippen molar-refractivity contribution in [1.82, 2.24) is 9.13 Å². The highest BCUT2D eigenvalue weighted by atomic mass is 19.1. The van der Waals surface area contributed by atoms with Crippen LogP contribution in [0.4, 0.5) is 4.39 Å². The van der Waals surface area contributed by atoms with Crippen LogP contribution in [0, 0.1) is 17.1 Å². The van der Waals surface area contributed by atoms with Crippen LogP contribution in [0.25, 0.3) is 66.1 Å². The molecule has 2 heterocycles. The van der Waals surface area contributed by atoms with Crippen LogP contribution in [-0.2, 0) is 0 Å². The summed E-state index contributed by atoms with van der Waals surface area (Å²) < 4.78 is 18.6. The molecule has 0 atom stereocenters. The Morgan fingerprint density at radius 2 is 1.00 bits per heavy atom. The first kappa shape index (κ1) is 23.2. The normalized spacial score (nSPS) is 11.5. The Kier molecular flexibility index (Phi) is 5.07. The second-order valence-corrected chi connectivity index (χ2v) is 10.3. The molecule has 0 aliphatic carbocycles. The topological polar surface area (TPSA) is 33.6 Å². The predicted octanol–water partition coefficient (Wildman–Crippen LogP) is 9.56. The first-order chi connectivity index (χ1) is 20.2. The van der Waals surface area contributed by atoms with E-state index in [1.54, 1.807) is 6.07 Å². The zero-order valence-corrected chi connectivity index (χ0v) is 21.9. The van der Waals surface area contributed by atoms with E-state index in [4.69, 9.17) is 0 Å². The Hall–Kier alpha value is -5.66. The summed E-state index contributed by atoms with van der Waals surface area (Å²) in [6.45, 7) is 0. The van der Waals surface area contributed by atoms with Crippen molar-refractivity contribution in [2.75, 3.05) is 0 Å². The average Bonchev–Trinajstić information content (AvgIpc) is 3.53. The lowest BCUT2D eigenvalue weighted by molar-refractivity contribution is 0.629. The van der Waals surface area contributed by atoms with Crippen LogP contribution in [0.1, 0.15) is 5.56 Å². The third-order valence-corrected chi connectivity index (χ3v) is 7.98. The van der Waals surface area contributed by atoms with E-state index in [1.807, 2.05) is 36.4 Å². The Labute approximate surface area is 235 Å². The fourth-order valence-electron chi connectivity index (χ4n) is 6.20. The Balaban J connectivity index is 1.29. The van der Waals surface area contributed by atoms with Crippen molar-refractivity contribution in [2.45, 2.75) is 0 Å². The van der Waals surface area contributed by atoms with E-state index < -0.39 is 0 Å². The third-order valence-electron chi connectivity index (χ3n) is 7.98. The van der Waals surface area contributed by atoms with Crippen molar-refractivity contribution >= 4 is 43.6 Å². The van der Waals surface area contributed by atoms with Gasteiger partial charge in [-0.3, -0.25) is 0 Å². The Morgan fingerprint density at radius 1 is 0.463 bits per heavy atom. The zero-order chi connectivity index (χ0) is 27.5. The van der Waals surface area contributed by atoms with Gasteiger partial charge in [0.1, 0.15) is 5.82 Å². The van der Waals surface area contributed by atoms with Gasteiger partial charge in [-0.05, 0) is 77.9 Å². The van der Waals surface area contributed by atoms with Crippen LogP contribution in [0.5, 0.6) is 0 Å². The van der Waals surface area contributed by atoms with Crippen LogP contribution in [-0.4, -0.2) is 9.13 Å². The molecule has 8 rings (SSSR count). The molecule has 0 radical (unpaired) electrons. The quantitative estimate of drug-likeness (QED) is 0.225. The molecular formula is C37H22FN3. The molecule has 0 bridgehead atoms. The minimum absolute atomic E-state index is 0.243. The molecule has 0 fully saturated rings. The Morgan fingerprint density at radius 3 is 1.61 bits per heavy atom. The highest BCUT2D eigenvalue weighted by molar-refractivity contribution is 6.10. The fraction of sp³-hybridized carbons (Fsp3) is 0. The smallest absolute Gasteiger partial charge is 0.123 e.